The molecule has 2 aliphatic heterocycles. The molecule has 1 spiro atoms. The zero-order valence-electron chi connectivity index (χ0n) is 20.3. The molecule has 1 atom stereocenters. The van der Waals surface area contributed by atoms with Crippen LogP contribution >= 0.6 is 11.9 Å². The first-order valence-electron chi connectivity index (χ1n) is 12.6. The molecule has 5 rings (SSSR count). The molecule has 188 valence electrons. The van der Waals surface area contributed by atoms with E-state index >= 15 is 0 Å². The molecule has 2 aromatic rings. The van der Waals surface area contributed by atoms with E-state index in [4.69, 9.17) is 14.8 Å². The topological polar surface area (TPSA) is 90.0 Å². The van der Waals surface area contributed by atoms with Gasteiger partial charge >= 0.3 is 0 Å². The lowest BCUT2D eigenvalue weighted by molar-refractivity contribution is 0.0529. The number of carbonyl (C=O) groups is 1. The van der Waals surface area contributed by atoms with Gasteiger partial charge in [0.2, 0.25) is 0 Å². The van der Waals surface area contributed by atoms with Gasteiger partial charge in [-0.1, -0.05) is 6.07 Å². The molecule has 3 aliphatic rings. The minimum absolute atomic E-state index is 0.0873. The highest BCUT2D eigenvalue weighted by Crippen LogP contribution is 2.54. The number of anilines is 3. The number of nitrogens with one attached hydrogen (secondary N) is 2. The van der Waals surface area contributed by atoms with Crippen molar-refractivity contribution in [3.8, 4) is 0 Å². The molecule has 3 fully saturated rings. The number of nitrogens with zero attached hydrogens (tertiary/aromatic N) is 3. The SMILES string of the molecule is C[C@@H]1CN(c2cccc(NC(=O)c3ccc(SNCCO)cc3N3CCC4(CC3)CC4)n2)CCO1. The van der Waals surface area contributed by atoms with Crippen molar-refractivity contribution in [3.63, 3.8) is 0 Å². The molecule has 1 aliphatic carbocycles. The van der Waals surface area contributed by atoms with Crippen LogP contribution in [0.2, 0.25) is 0 Å². The first-order chi connectivity index (χ1) is 17.0. The highest BCUT2D eigenvalue weighted by atomic mass is 32.2. The first kappa shape index (κ1) is 24.4. The Balaban J connectivity index is 1.34. The molecule has 1 aromatic carbocycles. The number of morpholine rings is 1. The van der Waals surface area contributed by atoms with E-state index in [1.807, 2.05) is 30.3 Å². The Bertz CT molecular complexity index is 1040. The summed E-state index contributed by atoms with van der Waals surface area (Å²) in [7, 11) is 0. The van der Waals surface area contributed by atoms with Gasteiger partial charge in [-0.15, -0.1) is 0 Å². The lowest BCUT2D eigenvalue weighted by Gasteiger charge is -2.35. The molecule has 3 heterocycles. The van der Waals surface area contributed by atoms with E-state index in [0.717, 1.165) is 42.6 Å². The average molecular weight is 498 g/mol. The summed E-state index contributed by atoms with van der Waals surface area (Å²) in [6, 6.07) is 11.7. The Morgan fingerprint density at radius 1 is 1.17 bits per heavy atom. The first-order valence-corrected chi connectivity index (χ1v) is 13.4. The fraction of sp³-hybridized carbons (Fsp3) is 0.538. The molecule has 1 saturated carbocycles. The quantitative estimate of drug-likeness (QED) is 0.377. The minimum atomic E-state index is -0.147. The summed E-state index contributed by atoms with van der Waals surface area (Å²) in [6.07, 6.45) is 5.23. The summed E-state index contributed by atoms with van der Waals surface area (Å²) in [5.74, 6) is 1.26. The molecular weight excluding hydrogens is 462 g/mol. The maximum absolute atomic E-state index is 13.5. The van der Waals surface area contributed by atoms with Crippen LogP contribution in [0.1, 0.15) is 43.0 Å². The number of aliphatic hydroxyl groups is 1. The third-order valence-corrected chi connectivity index (χ3v) is 8.12. The summed E-state index contributed by atoms with van der Waals surface area (Å²) < 4.78 is 8.81. The van der Waals surface area contributed by atoms with Crippen LogP contribution in [0.3, 0.4) is 0 Å². The number of hydrogen-bond acceptors (Lipinski definition) is 8. The highest BCUT2D eigenvalue weighted by Gasteiger charge is 2.44. The summed E-state index contributed by atoms with van der Waals surface area (Å²) in [6.45, 7) is 6.86. The lowest BCUT2D eigenvalue weighted by atomic mass is 9.93. The number of ether oxygens (including phenoxy) is 1. The second-order valence-electron chi connectivity index (χ2n) is 9.85. The summed E-state index contributed by atoms with van der Waals surface area (Å²) in [5, 5.41) is 12.1. The fourth-order valence-corrected chi connectivity index (χ4v) is 5.65. The number of carbonyl (C=O) groups excluding carboxylic acids is 1. The van der Waals surface area contributed by atoms with Gasteiger partial charge in [0.05, 0.1) is 30.6 Å². The van der Waals surface area contributed by atoms with Crippen LogP contribution in [0, 0.1) is 5.41 Å². The number of piperidine rings is 1. The van der Waals surface area contributed by atoms with Crippen molar-refractivity contribution in [1.82, 2.24) is 9.71 Å². The predicted molar refractivity (Wildman–Crippen MR) is 140 cm³/mol. The number of pyridine rings is 1. The summed E-state index contributed by atoms with van der Waals surface area (Å²) >= 11 is 1.48. The number of aliphatic hydroxyl groups excluding tert-OH is 1. The van der Waals surface area contributed by atoms with Crippen molar-refractivity contribution < 1.29 is 14.6 Å². The van der Waals surface area contributed by atoms with Crippen molar-refractivity contribution in [2.45, 2.75) is 43.6 Å². The Morgan fingerprint density at radius 3 is 2.74 bits per heavy atom. The van der Waals surface area contributed by atoms with Gasteiger partial charge in [-0.25, -0.2) is 4.98 Å². The van der Waals surface area contributed by atoms with E-state index < -0.39 is 0 Å². The van der Waals surface area contributed by atoms with Gasteiger partial charge in [0.25, 0.3) is 5.91 Å². The van der Waals surface area contributed by atoms with E-state index in [0.29, 0.717) is 29.9 Å². The monoisotopic (exact) mass is 497 g/mol. The van der Waals surface area contributed by atoms with Crippen LogP contribution in [0.15, 0.2) is 41.3 Å². The number of rotatable bonds is 8. The zero-order valence-corrected chi connectivity index (χ0v) is 21.1. The molecule has 3 N–H and O–H groups in total. The highest BCUT2D eigenvalue weighted by molar-refractivity contribution is 7.97. The number of benzene rings is 1. The fourth-order valence-electron chi connectivity index (χ4n) is 4.99. The standard InChI is InChI=1S/C26H35N5O3S/c1-19-18-31(14-16-34-19)24-4-2-3-23(28-24)29-25(33)21-6-5-20(35-27-11-15-32)17-22(21)30-12-9-26(7-8-26)10-13-30/h2-6,17,19,27,32H,7-16,18H2,1H3,(H,28,29,33)/t19-/m1/s1. The third kappa shape index (κ3) is 5.91. The van der Waals surface area contributed by atoms with Crippen LogP contribution in [0.25, 0.3) is 0 Å². The maximum atomic E-state index is 13.5. The zero-order chi connectivity index (χ0) is 24.3. The Labute approximate surface area is 211 Å². The Morgan fingerprint density at radius 2 is 2.00 bits per heavy atom. The second-order valence-corrected chi connectivity index (χ2v) is 10.8. The van der Waals surface area contributed by atoms with Crippen molar-refractivity contribution in [1.29, 1.82) is 0 Å². The smallest absolute Gasteiger partial charge is 0.258 e. The second kappa shape index (κ2) is 10.7. The maximum Gasteiger partial charge on any atom is 0.258 e. The van der Waals surface area contributed by atoms with Crippen molar-refractivity contribution in [3.05, 3.63) is 42.0 Å². The van der Waals surface area contributed by atoms with Crippen LogP contribution in [0.4, 0.5) is 17.3 Å². The molecule has 1 amide bonds. The van der Waals surface area contributed by atoms with Gasteiger partial charge in [0.1, 0.15) is 11.6 Å². The lowest BCUT2D eigenvalue weighted by Crippen LogP contribution is -2.41. The van der Waals surface area contributed by atoms with Crippen molar-refractivity contribution >= 4 is 35.2 Å². The van der Waals surface area contributed by atoms with Gasteiger partial charge in [-0.2, -0.15) is 0 Å². The van der Waals surface area contributed by atoms with Gasteiger partial charge < -0.3 is 25.0 Å². The predicted octanol–water partition coefficient (Wildman–Crippen LogP) is 3.53. The van der Waals surface area contributed by atoms with Crippen LogP contribution in [-0.2, 0) is 4.74 Å². The Hall–Kier alpha value is -2.33. The van der Waals surface area contributed by atoms with Gasteiger partial charge in [0, 0.05) is 37.6 Å². The molecule has 2 saturated heterocycles. The largest absolute Gasteiger partial charge is 0.395 e. The van der Waals surface area contributed by atoms with Crippen molar-refractivity contribution in [2.75, 3.05) is 61.1 Å². The average Bonchev–Trinajstić information content (AvgIpc) is 3.63. The third-order valence-electron chi connectivity index (χ3n) is 7.28. The van der Waals surface area contributed by atoms with E-state index in [2.05, 4.69) is 32.8 Å². The van der Waals surface area contributed by atoms with Gasteiger partial charge in [-0.3, -0.25) is 9.52 Å². The Kier molecular flexibility index (Phi) is 7.48. The summed E-state index contributed by atoms with van der Waals surface area (Å²) in [4.78, 5) is 23.8. The molecule has 8 nitrogen and oxygen atoms in total. The summed E-state index contributed by atoms with van der Waals surface area (Å²) in [5.41, 5.74) is 2.19. The molecular formula is C26H35N5O3S. The molecule has 0 radical (unpaired) electrons. The van der Waals surface area contributed by atoms with Crippen molar-refractivity contribution in [2.24, 2.45) is 5.41 Å². The molecule has 0 unspecified atom stereocenters. The van der Waals surface area contributed by atoms with E-state index in [-0.39, 0.29) is 18.6 Å². The van der Waals surface area contributed by atoms with E-state index in [1.165, 1.54) is 37.6 Å². The number of hydrogen-bond donors (Lipinski definition) is 3. The number of aromatic nitrogens is 1. The number of amides is 1. The molecule has 0 bridgehead atoms. The molecule has 1 aromatic heterocycles. The van der Waals surface area contributed by atoms with E-state index in [1.54, 1.807) is 0 Å². The minimum Gasteiger partial charge on any atom is -0.395 e. The molecule has 9 heteroatoms. The van der Waals surface area contributed by atoms with Gasteiger partial charge in [-0.05, 0) is 80.3 Å². The van der Waals surface area contributed by atoms with Gasteiger partial charge in [0.15, 0.2) is 0 Å². The van der Waals surface area contributed by atoms with Crippen LogP contribution in [0.5, 0.6) is 0 Å². The normalized spacial score (nSPS) is 21.3. The molecule has 35 heavy (non-hydrogen) atoms. The van der Waals surface area contributed by atoms with Crippen LogP contribution in [-0.4, -0.2) is 68.0 Å². The van der Waals surface area contributed by atoms with E-state index in [9.17, 15) is 4.79 Å². The van der Waals surface area contributed by atoms with Crippen LogP contribution < -0.4 is 19.8 Å².